The van der Waals surface area contributed by atoms with Gasteiger partial charge in [-0.15, -0.1) is 0 Å². The average Bonchev–Trinajstić information content (AvgIpc) is 2.59. The van der Waals surface area contributed by atoms with Gasteiger partial charge in [0.05, 0.1) is 22.5 Å². The van der Waals surface area contributed by atoms with Crippen LogP contribution in [0.2, 0.25) is 5.02 Å². The van der Waals surface area contributed by atoms with E-state index in [-0.39, 0.29) is 0 Å². The van der Waals surface area contributed by atoms with Gasteiger partial charge in [-0.1, -0.05) is 18.5 Å². The number of nitrogens with zero attached hydrogens (tertiary/aromatic N) is 2. The average molecular weight is 247 g/mol. The van der Waals surface area contributed by atoms with E-state index in [9.17, 15) is 5.11 Å². The summed E-state index contributed by atoms with van der Waals surface area (Å²) in [5.41, 5.74) is -0.0646. The second-order valence-corrected chi connectivity index (χ2v) is 4.72. The summed E-state index contributed by atoms with van der Waals surface area (Å²) in [6.07, 6.45) is 1.70. The zero-order valence-electron chi connectivity index (χ0n) is 10.2. The summed E-state index contributed by atoms with van der Waals surface area (Å²) < 4.78 is 6.99. The highest BCUT2D eigenvalue weighted by atomic mass is 35.5. The molecule has 0 aliphatic rings. The van der Waals surface area contributed by atoms with Crippen molar-refractivity contribution in [1.82, 2.24) is 9.78 Å². The van der Waals surface area contributed by atoms with E-state index in [1.807, 2.05) is 20.8 Å². The van der Waals surface area contributed by atoms with E-state index in [1.54, 1.807) is 18.0 Å². The predicted octanol–water partition coefficient (Wildman–Crippen LogP) is 2.40. The number of aryl methyl sites for hydroxylation is 1. The summed E-state index contributed by atoms with van der Waals surface area (Å²) in [5, 5.41) is 14.9. The van der Waals surface area contributed by atoms with Gasteiger partial charge in [-0.2, -0.15) is 5.10 Å². The third-order valence-electron chi connectivity index (χ3n) is 2.71. The van der Waals surface area contributed by atoms with E-state index < -0.39 is 11.7 Å². The van der Waals surface area contributed by atoms with Crippen LogP contribution < -0.4 is 0 Å². The van der Waals surface area contributed by atoms with Crippen molar-refractivity contribution >= 4 is 11.6 Å². The van der Waals surface area contributed by atoms with Gasteiger partial charge < -0.3 is 9.84 Å². The molecule has 1 aromatic heterocycles. The van der Waals surface area contributed by atoms with Crippen molar-refractivity contribution in [3.63, 3.8) is 0 Å². The molecular weight excluding hydrogens is 228 g/mol. The number of methoxy groups -OCH3 is 1. The molecule has 0 saturated heterocycles. The van der Waals surface area contributed by atoms with Crippen LogP contribution in [0.15, 0.2) is 6.20 Å². The molecule has 0 aliphatic carbocycles. The number of aliphatic hydroxyl groups excluding tert-OH is 1. The third kappa shape index (κ3) is 2.56. The highest BCUT2D eigenvalue weighted by Gasteiger charge is 2.33. The van der Waals surface area contributed by atoms with Crippen molar-refractivity contribution in [3.05, 3.63) is 16.9 Å². The summed E-state index contributed by atoms with van der Waals surface area (Å²) in [4.78, 5) is 0. The highest BCUT2D eigenvalue weighted by molar-refractivity contribution is 6.31. The molecule has 0 bridgehead atoms. The van der Waals surface area contributed by atoms with Gasteiger partial charge in [0.15, 0.2) is 0 Å². The molecule has 0 spiro atoms. The fourth-order valence-corrected chi connectivity index (χ4v) is 1.72. The van der Waals surface area contributed by atoms with E-state index in [0.717, 1.165) is 13.0 Å². The molecule has 16 heavy (non-hydrogen) atoms. The van der Waals surface area contributed by atoms with Crippen LogP contribution in [-0.4, -0.2) is 27.6 Å². The second-order valence-electron chi connectivity index (χ2n) is 4.31. The van der Waals surface area contributed by atoms with Crippen LogP contribution in [0.25, 0.3) is 0 Å². The van der Waals surface area contributed by atoms with Crippen molar-refractivity contribution in [2.24, 2.45) is 0 Å². The lowest BCUT2D eigenvalue weighted by molar-refractivity contribution is -0.0826. The Morgan fingerprint density at radius 2 is 2.25 bits per heavy atom. The molecule has 1 N–H and O–H groups in total. The van der Waals surface area contributed by atoms with Gasteiger partial charge in [-0.05, 0) is 20.3 Å². The normalized spacial score (nSPS) is 14.1. The number of ether oxygens (including phenoxy) is 1. The van der Waals surface area contributed by atoms with Gasteiger partial charge in [0, 0.05) is 13.7 Å². The molecule has 0 amide bonds. The molecule has 92 valence electrons. The van der Waals surface area contributed by atoms with Crippen LogP contribution in [0, 0.1) is 0 Å². The Morgan fingerprint density at radius 1 is 1.62 bits per heavy atom. The number of hydrogen-bond acceptors (Lipinski definition) is 3. The standard InChI is InChI=1S/C11H19ClN2O2/c1-5-6-14-9(8(12)7-13-14)10(15)11(2,3)16-4/h7,10,15H,5-6H2,1-4H3. The fourth-order valence-electron chi connectivity index (χ4n) is 1.47. The van der Waals surface area contributed by atoms with Crippen molar-refractivity contribution < 1.29 is 9.84 Å². The molecule has 0 aromatic carbocycles. The first-order chi connectivity index (χ1) is 7.44. The molecule has 0 radical (unpaired) electrons. The van der Waals surface area contributed by atoms with E-state index in [4.69, 9.17) is 16.3 Å². The Balaban J connectivity index is 3.06. The molecule has 1 rings (SSSR count). The van der Waals surface area contributed by atoms with Gasteiger partial charge in [-0.25, -0.2) is 0 Å². The first-order valence-electron chi connectivity index (χ1n) is 5.38. The fraction of sp³-hybridized carbons (Fsp3) is 0.727. The van der Waals surface area contributed by atoms with Gasteiger partial charge in [-0.3, -0.25) is 4.68 Å². The molecule has 5 heteroatoms. The number of rotatable bonds is 5. The summed E-state index contributed by atoms with van der Waals surface area (Å²) in [6.45, 7) is 6.42. The maximum atomic E-state index is 10.3. The molecule has 0 aliphatic heterocycles. The first-order valence-corrected chi connectivity index (χ1v) is 5.76. The maximum Gasteiger partial charge on any atom is 0.125 e. The van der Waals surface area contributed by atoms with Crippen LogP contribution in [0.4, 0.5) is 0 Å². The van der Waals surface area contributed by atoms with E-state index in [1.165, 1.54) is 0 Å². The number of halogens is 1. The Kier molecular flexibility index (Phi) is 4.35. The molecule has 1 atom stereocenters. The monoisotopic (exact) mass is 246 g/mol. The lowest BCUT2D eigenvalue weighted by atomic mass is 9.98. The molecular formula is C11H19ClN2O2. The van der Waals surface area contributed by atoms with E-state index in [2.05, 4.69) is 5.10 Å². The molecule has 0 saturated carbocycles. The highest BCUT2D eigenvalue weighted by Crippen LogP contribution is 2.32. The van der Waals surface area contributed by atoms with Gasteiger partial charge in [0.1, 0.15) is 6.10 Å². The molecule has 1 heterocycles. The zero-order chi connectivity index (χ0) is 12.3. The van der Waals surface area contributed by atoms with Gasteiger partial charge in [0.25, 0.3) is 0 Å². The Labute approximate surface area is 101 Å². The van der Waals surface area contributed by atoms with Crippen molar-refractivity contribution in [2.45, 2.75) is 45.4 Å². The summed E-state index contributed by atoms with van der Waals surface area (Å²) in [5.74, 6) is 0. The zero-order valence-corrected chi connectivity index (χ0v) is 11.0. The Hall–Kier alpha value is -0.580. The number of aromatic nitrogens is 2. The first kappa shape index (κ1) is 13.5. The largest absolute Gasteiger partial charge is 0.384 e. The summed E-state index contributed by atoms with van der Waals surface area (Å²) >= 11 is 6.04. The van der Waals surface area contributed by atoms with Gasteiger partial charge >= 0.3 is 0 Å². The summed E-state index contributed by atoms with van der Waals surface area (Å²) in [7, 11) is 1.57. The van der Waals surface area contributed by atoms with Crippen LogP contribution in [0.1, 0.15) is 39.0 Å². The number of aliphatic hydroxyl groups is 1. The van der Waals surface area contributed by atoms with E-state index >= 15 is 0 Å². The van der Waals surface area contributed by atoms with Crippen LogP contribution in [0.3, 0.4) is 0 Å². The van der Waals surface area contributed by atoms with Crippen LogP contribution in [0.5, 0.6) is 0 Å². The lowest BCUT2D eigenvalue weighted by Crippen LogP contribution is -2.33. The van der Waals surface area contributed by atoms with Crippen molar-refractivity contribution in [3.8, 4) is 0 Å². The van der Waals surface area contributed by atoms with Crippen LogP contribution in [-0.2, 0) is 11.3 Å². The Bertz CT molecular complexity index is 350. The van der Waals surface area contributed by atoms with Gasteiger partial charge in [0.2, 0.25) is 0 Å². The minimum Gasteiger partial charge on any atom is -0.384 e. The minimum atomic E-state index is -0.793. The molecule has 4 nitrogen and oxygen atoms in total. The number of hydrogen-bond donors (Lipinski definition) is 1. The predicted molar refractivity (Wildman–Crippen MR) is 63.6 cm³/mol. The van der Waals surface area contributed by atoms with E-state index in [0.29, 0.717) is 10.7 Å². The topological polar surface area (TPSA) is 47.3 Å². The SMILES string of the molecule is CCCn1ncc(Cl)c1C(O)C(C)(C)OC. The lowest BCUT2D eigenvalue weighted by Gasteiger charge is -2.29. The maximum absolute atomic E-state index is 10.3. The molecule has 0 fully saturated rings. The van der Waals surface area contributed by atoms with Crippen LogP contribution >= 0.6 is 11.6 Å². The Morgan fingerprint density at radius 3 is 2.75 bits per heavy atom. The minimum absolute atomic E-state index is 0.478. The molecule has 1 aromatic rings. The summed E-state index contributed by atoms with van der Waals surface area (Å²) in [6, 6.07) is 0. The van der Waals surface area contributed by atoms with Crippen molar-refractivity contribution in [1.29, 1.82) is 0 Å². The smallest absolute Gasteiger partial charge is 0.125 e. The molecule has 1 unspecified atom stereocenters. The second kappa shape index (κ2) is 5.17. The third-order valence-corrected chi connectivity index (χ3v) is 3.00. The van der Waals surface area contributed by atoms with Crippen molar-refractivity contribution in [2.75, 3.05) is 7.11 Å². The quantitative estimate of drug-likeness (QED) is 0.868.